The molecule has 1 saturated heterocycles. The van der Waals surface area contributed by atoms with Gasteiger partial charge in [0, 0.05) is 25.7 Å². The average Bonchev–Trinajstić information content (AvgIpc) is 2.58. The quantitative estimate of drug-likeness (QED) is 0.638. The number of nitrogens with one attached hydrogen (secondary N) is 1. The van der Waals surface area contributed by atoms with E-state index >= 15 is 0 Å². The van der Waals surface area contributed by atoms with Crippen LogP contribution in [-0.4, -0.2) is 40.0 Å². The maximum absolute atomic E-state index is 5.43. The minimum atomic E-state index is 0.583. The zero-order chi connectivity index (χ0) is 9.15. The van der Waals surface area contributed by atoms with Gasteiger partial charge in [-0.2, -0.15) is 0 Å². The first kappa shape index (κ1) is 9.44. The van der Waals surface area contributed by atoms with Gasteiger partial charge in [-0.15, -0.1) is 0 Å². The van der Waals surface area contributed by atoms with Crippen LogP contribution in [0.25, 0.3) is 0 Å². The van der Waals surface area contributed by atoms with Crippen molar-refractivity contribution >= 4 is 0 Å². The second-order valence-electron chi connectivity index (χ2n) is 4.26. The van der Waals surface area contributed by atoms with Gasteiger partial charge in [0.1, 0.15) is 0 Å². The number of hydrogen-bond acceptors (Lipinski definition) is 3. The molecule has 1 aliphatic heterocycles. The van der Waals surface area contributed by atoms with Gasteiger partial charge in [-0.25, -0.2) is 0 Å². The van der Waals surface area contributed by atoms with Crippen LogP contribution in [0, 0.1) is 11.3 Å². The molecule has 0 aromatic carbocycles. The van der Waals surface area contributed by atoms with Crippen LogP contribution < -0.4 is 5.32 Å². The van der Waals surface area contributed by atoms with Crippen molar-refractivity contribution in [1.29, 1.82) is 0 Å². The zero-order valence-corrected chi connectivity index (χ0v) is 8.34. The number of methoxy groups -OCH3 is 1. The third-order valence-electron chi connectivity index (χ3n) is 3.37. The van der Waals surface area contributed by atoms with Gasteiger partial charge < -0.3 is 14.8 Å². The summed E-state index contributed by atoms with van der Waals surface area (Å²) in [5, 5.41) is 3.42. The summed E-state index contributed by atoms with van der Waals surface area (Å²) < 4.78 is 10.4. The Kier molecular flexibility index (Phi) is 2.86. The predicted octanol–water partition coefficient (Wildman–Crippen LogP) is 0.649. The van der Waals surface area contributed by atoms with Gasteiger partial charge >= 0.3 is 0 Å². The van der Waals surface area contributed by atoms with E-state index in [4.69, 9.17) is 9.47 Å². The highest BCUT2D eigenvalue weighted by Gasteiger charge is 2.55. The van der Waals surface area contributed by atoms with Crippen molar-refractivity contribution in [3.8, 4) is 0 Å². The van der Waals surface area contributed by atoms with Gasteiger partial charge in [0.2, 0.25) is 0 Å². The van der Waals surface area contributed by atoms with E-state index in [9.17, 15) is 0 Å². The Bertz CT molecular complexity index is 166. The highest BCUT2D eigenvalue weighted by Crippen LogP contribution is 2.57. The first-order chi connectivity index (χ1) is 6.37. The smallest absolute Gasteiger partial charge is 0.0587 e. The van der Waals surface area contributed by atoms with Crippen LogP contribution in [0.2, 0.25) is 0 Å². The summed E-state index contributed by atoms with van der Waals surface area (Å²) in [5.74, 6) is 0.867. The van der Waals surface area contributed by atoms with E-state index in [0.29, 0.717) is 5.41 Å². The monoisotopic (exact) mass is 185 g/mol. The van der Waals surface area contributed by atoms with Crippen LogP contribution >= 0.6 is 0 Å². The molecular weight excluding hydrogens is 166 g/mol. The molecule has 2 fully saturated rings. The van der Waals surface area contributed by atoms with Crippen molar-refractivity contribution in [2.24, 2.45) is 11.3 Å². The fourth-order valence-electron chi connectivity index (χ4n) is 2.28. The van der Waals surface area contributed by atoms with E-state index in [1.165, 1.54) is 12.8 Å². The largest absolute Gasteiger partial charge is 0.383 e. The molecule has 13 heavy (non-hydrogen) atoms. The van der Waals surface area contributed by atoms with Crippen molar-refractivity contribution in [3.05, 3.63) is 0 Å². The molecule has 2 rings (SSSR count). The number of rotatable bonds is 5. The lowest BCUT2D eigenvalue weighted by Crippen LogP contribution is -2.23. The Labute approximate surface area is 79.8 Å². The fraction of sp³-hybridized carbons (Fsp3) is 1.00. The highest BCUT2D eigenvalue weighted by atomic mass is 16.5. The van der Waals surface area contributed by atoms with Gasteiger partial charge in [0.05, 0.1) is 13.2 Å². The van der Waals surface area contributed by atoms with Gasteiger partial charge in [-0.1, -0.05) is 0 Å². The molecule has 1 saturated carbocycles. The van der Waals surface area contributed by atoms with Crippen LogP contribution in [0.4, 0.5) is 0 Å². The lowest BCUT2D eigenvalue weighted by atomic mass is 10.0. The van der Waals surface area contributed by atoms with E-state index in [2.05, 4.69) is 5.32 Å². The van der Waals surface area contributed by atoms with Crippen LogP contribution in [0.15, 0.2) is 0 Å². The topological polar surface area (TPSA) is 30.5 Å². The summed E-state index contributed by atoms with van der Waals surface area (Å²) in [6, 6.07) is 0. The van der Waals surface area contributed by atoms with Crippen LogP contribution in [0.3, 0.4) is 0 Å². The Balaban J connectivity index is 1.58. The van der Waals surface area contributed by atoms with Crippen molar-refractivity contribution in [1.82, 2.24) is 5.32 Å². The normalized spacial score (nSPS) is 37.2. The molecular formula is C10H19NO2. The van der Waals surface area contributed by atoms with Crippen molar-refractivity contribution in [2.45, 2.75) is 12.8 Å². The zero-order valence-electron chi connectivity index (χ0n) is 8.34. The minimum absolute atomic E-state index is 0.583. The number of ether oxygens (including phenoxy) is 2. The summed E-state index contributed by atoms with van der Waals surface area (Å²) in [5.41, 5.74) is 0.583. The van der Waals surface area contributed by atoms with Crippen LogP contribution in [0.1, 0.15) is 12.8 Å². The van der Waals surface area contributed by atoms with E-state index in [1.54, 1.807) is 7.11 Å². The second-order valence-corrected chi connectivity index (χ2v) is 4.26. The van der Waals surface area contributed by atoms with E-state index in [0.717, 1.165) is 38.8 Å². The Morgan fingerprint density at radius 3 is 3.23 bits per heavy atom. The van der Waals surface area contributed by atoms with E-state index < -0.39 is 0 Å². The molecule has 0 radical (unpaired) electrons. The molecule has 0 aromatic heterocycles. The summed E-state index contributed by atoms with van der Waals surface area (Å²) in [4.78, 5) is 0. The first-order valence-electron chi connectivity index (χ1n) is 5.15. The molecule has 1 heterocycles. The van der Waals surface area contributed by atoms with Gasteiger partial charge in [0.15, 0.2) is 0 Å². The molecule has 2 unspecified atom stereocenters. The van der Waals surface area contributed by atoms with Crippen LogP contribution in [0.5, 0.6) is 0 Å². The average molecular weight is 185 g/mol. The molecule has 76 valence electrons. The summed E-state index contributed by atoms with van der Waals surface area (Å²) in [7, 11) is 1.74. The maximum atomic E-state index is 5.43. The maximum Gasteiger partial charge on any atom is 0.0587 e. The van der Waals surface area contributed by atoms with E-state index in [1.807, 2.05) is 0 Å². The third-order valence-corrected chi connectivity index (χ3v) is 3.37. The van der Waals surface area contributed by atoms with Gasteiger partial charge in [0.25, 0.3) is 0 Å². The molecule has 1 aliphatic carbocycles. The summed E-state index contributed by atoms with van der Waals surface area (Å²) in [6.07, 6.45) is 2.65. The minimum Gasteiger partial charge on any atom is -0.383 e. The van der Waals surface area contributed by atoms with Gasteiger partial charge in [-0.05, 0) is 25.3 Å². The molecule has 2 atom stereocenters. The Morgan fingerprint density at radius 2 is 2.54 bits per heavy atom. The number of hydrogen-bond donors (Lipinski definition) is 1. The molecule has 1 N–H and O–H groups in total. The van der Waals surface area contributed by atoms with Crippen LogP contribution in [-0.2, 0) is 9.47 Å². The Hall–Kier alpha value is -0.120. The molecule has 3 heteroatoms. The molecule has 2 aliphatic rings. The second kappa shape index (κ2) is 3.95. The fourth-order valence-corrected chi connectivity index (χ4v) is 2.28. The van der Waals surface area contributed by atoms with Crippen molar-refractivity contribution < 1.29 is 9.47 Å². The molecule has 0 aromatic rings. The predicted molar refractivity (Wildman–Crippen MR) is 50.7 cm³/mol. The first-order valence-corrected chi connectivity index (χ1v) is 5.15. The molecule has 0 bridgehead atoms. The molecule has 0 amide bonds. The van der Waals surface area contributed by atoms with Crippen molar-refractivity contribution in [2.75, 3.05) is 40.0 Å². The summed E-state index contributed by atoms with van der Waals surface area (Å²) >= 11 is 0. The lowest BCUT2D eigenvalue weighted by molar-refractivity contribution is 0.177. The van der Waals surface area contributed by atoms with Crippen molar-refractivity contribution in [3.63, 3.8) is 0 Å². The Morgan fingerprint density at radius 1 is 1.62 bits per heavy atom. The van der Waals surface area contributed by atoms with E-state index in [-0.39, 0.29) is 0 Å². The molecule has 3 nitrogen and oxygen atoms in total. The lowest BCUT2D eigenvalue weighted by Gasteiger charge is -2.07. The highest BCUT2D eigenvalue weighted by molar-refractivity contribution is 5.04. The van der Waals surface area contributed by atoms with Gasteiger partial charge in [-0.3, -0.25) is 0 Å². The molecule has 1 spiro atoms. The SMILES string of the molecule is COCCNCC1CC12CCOC2. The standard InChI is InChI=1S/C10H19NO2/c1-12-5-3-11-7-9-6-10(9)2-4-13-8-10/h9,11H,2-8H2,1H3. The summed E-state index contributed by atoms with van der Waals surface area (Å²) in [6.45, 7) is 4.92. The third kappa shape index (κ3) is 2.03.